The molecule has 0 spiro atoms. The van der Waals surface area contributed by atoms with Crippen molar-refractivity contribution in [2.24, 2.45) is 0 Å². The predicted octanol–water partition coefficient (Wildman–Crippen LogP) is 3.13. The van der Waals surface area contributed by atoms with Crippen LogP contribution in [0.5, 0.6) is 0 Å². The molecule has 30 heavy (non-hydrogen) atoms. The van der Waals surface area contributed by atoms with E-state index in [1.54, 1.807) is 18.3 Å². The number of benzene rings is 2. The number of anilines is 1. The molecule has 1 aliphatic rings. The number of carbonyl (C=O) groups is 2. The molecule has 0 bridgehead atoms. The van der Waals surface area contributed by atoms with E-state index in [0.717, 1.165) is 16.5 Å². The number of rotatable bonds is 6. The maximum atomic E-state index is 13.3. The van der Waals surface area contributed by atoms with Crippen molar-refractivity contribution in [1.29, 1.82) is 0 Å². The number of hydrogen-bond acceptors (Lipinski definition) is 4. The lowest BCUT2D eigenvalue weighted by Crippen LogP contribution is -2.52. The van der Waals surface area contributed by atoms with E-state index in [1.807, 2.05) is 36.1 Å². The highest BCUT2D eigenvalue weighted by atomic mass is 19.1. The normalized spacial score (nSPS) is 16.5. The highest BCUT2D eigenvalue weighted by Gasteiger charge is 2.28. The summed E-state index contributed by atoms with van der Waals surface area (Å²) in [5, 5.41) is 3.67. The molecule has 3 aromatic rings. The van der Waals surface area contributed by atoms with Gasteiger partial charge in [-0.1, -0.05) is 24.3 Å². The lowest BCUT2D eigenvalue weighted by Gasteiger charge is -2.37. The van der Waals surface area contributed by atoms with Crippen LogP contribution in [-0.2, 0) is 4.79 Å². The molecule has 0 unspecified atom stereocenters. The number of fused-ring (bicyclic) bond motifs is 1. The van der Waals surface area contributed by atoms with E-state index in [4.69, 9.17) is 0 Å². The average molecular weight is 408 g/mol. The summed E-state index contributed by atoms with van der Waals surface area (Å²) in [7, 11) is 0. The van der Waals surface area contributed by atoms with Crippen LogP contribution >= 0.6 is 0 Å². The summed E-state index contributed by atoms with van der Waals surface area (Å²) in [4.78, 5) is 32.7. The van der Waals surface area contributed by atoms with Crippen LogP contribution in [0.25, 0.3) is 10.9 Å². The van der Waals surface area contributed by atoms with Crippen LogP contribution in [0.15, 0.2) is 54.7 Å². The maximum Gasteiger partial charge on any atom is 0.238 e. The molecule has 0 aliphatic carbocycles. The molecule has 4 rings (SSSR count). The molecule has 1 aromatic heterocycles. The first kappa shape index (κ1) is 20.3. The van der Waals surface area contributed by atoms with E-state index in [2.05, 4.69) is 15.2 Å². The number of hydrogen-bond donors (Lipinski definition) is 2. The first-order valence-electron chi connectivity index (χ1n) is 10.1. The fraction of sp³-hybridized carbons (Fsp3) is 0.304. The Morgan fingerprint density at radius 1 is 1.10 bits per heavy atom. The fourth-order valence-corrected chi connectivity index (χ4v) is 3.94. The summed E-state index contributed by atoms with van der Waals surface area (Å²) in [6.45, 7) is 5.00. The first-order valence-corrected chi connectivity index (χ1v) is 10.1. The number of nitrogens with zero attached hydrogens (tertiary/aromatic N) is 2. The Kier molecular flexibility index (Phi) is 5.92. The molecule has 0 saturated carbocycles. The summed E-state index contributed by atoms with van der Waals surface area (Å²) < 4.78 is 13.3. The van der Waals surface area contributed by atoms with Crippen molar-refractivity contribution < 1.29 is 14.0 Å². The van der Waals surface area contributed by atoms with E-state index in [-0.39, 0.29) is 30.1 Å². The largest absolute Gasteiger partial charge is 0.360 e. The van der Waals surface area contributed by atoms with Crippen molar-refractivity contribution >= 4 is 28.3 Å². The quantitative estimate of drug-likeness (QED) is 0.615. The van der Waals surface area contributed by atoms with Gasteiger partial charge in [0.2, 0.25) is 5.91 Å². The van der Waals surface area contributed by atoms with Gasteiger partial charge in [-0.3, -0.25) is 19.4 Å². The number of aromatic amines is 1. The third-order valence-corrected chi connectivity index (χ3v) is 5.66. The van der Waals surface area contributed by atoms with Crippen molar-refractivity contribution in [1.82, 2.24) is 14.8 Å². The number of piperazine rings is 1. The third-order valence-electron chi connectivity index (χ3n) is 5.66. The second kappa shape index (κ2) is 8.77. The summed E-state index contributed by atoms with van der Waals surface area (Å²) in [5.74, 6) is -0.447. The number of aromatic nitrogens is 1. The van der Waals surface area contributed by atoms with Gasteiger partial charge < -0.3 is 10.3 Å². The number of amides is 1. The van der Waals surface area contributed by atoms with Gasteiger partial charge in [0.1, 0.15) is 5.82 Å². The molecule has 6 nitrogen and oxygen atoms in total. The Bertz CT molecular complexity index is 1060. The van der Waals surface area contributed by atoms with Crippen LogP contribution in [0.4, 0.5) is 10.1 Å². The number of para-hydroxylation sites is 1. The molecule has 2 aromatic carbocycles. The van der Waals surface area contributed by atoms with Gasteiger partial charge in [0.15, 0.2) is 5.78 Å². The molecular formula is C23H25FN4O2. The van der Waals surface area contributed by atoms with E-state index >= 15 is 0 Å². The lowest BCUT2D eigenvalue weighted by atomic mass is 10.0. The molecular weight excluding hydrogens is 383 g/mol. The van der Waals surface area contributed by atoms with Gasteiger partial charge in [-0.05, 0) is 31.2 Å². The summed E-state index contributed by atoms with van der Waals surface area (Å²) in [6, 6.07) is 13.4. The number of H-pyrrole nitrogens is 1. The minimum absolute atomic E-state index is 0.102. The van der Waals surface area contributed by atoms with Crippen molar-refractivity contribution in [3.63, 3.8) is 0 Å². The maximum absolute atomic E-state index is 13.3. The second-order valence-corrected chi connectivity index (χ2v) is 7.66. The summed E-state index contributed by atoms with van der Waals surface area (Å²) in [5.41, 5.74) is 2.13. The molecule has 1 saturated heterocycles. The zero-order valence-corrected chi connectivity index (χ0v) is 16.9. The van der Waals surface area contributed by atoms with Crippen LogP contribution in [0.2, 0.25) is 0 Å². The number of carbonyl (C=O) groups excluding carboxylic acids is 2. The van der Waals surface area contributed by atoms with Crippen molar-refractivity contribution in [3.05, 3.63) is 66.1 Å². The van der Waals surface area contributed by atoms with E-state index in [9.17, 15) is 14.0 Å². The molecule has 156 valence electrons. The van der Waals surface area contributed by atoms with E-state index in [1.165, 1.54) is 12.1 Å². The molecule has 7 heteroatoms. The van der Waals surface area contributed by atoms with Gasteiger partial charge in [0, 0.05) is 54.5 Å². The molecule has 2 heterocycles. The molecule has 1 aliphatic heterocycles. The molecule has 0 radical (unpaired) electrons. The zero-order valence-electron chi connectivity index (χ0n) is 16.9. The number of halogens is 1. The van der Waals surface area contributed by atoms with Crippen LogP contribution in [-0.4, -0.2) is 65.2 Å². The average Bonchev–Trinajstić information content (AvgIpc) is 3.17. The molecule has 1 amide bonds. The molecule has 2 N–H and O–H groups in total. The molecule has 1 fully saturated rings. The van der Waals surface area contributed by atoms with Crippen molar-refractivity contribution in [3.8, 4) is 0 Å². The lowest BCUT2D eigenvalue weighted by molar-refractivity contribution is -0.117. The predicted molar refractivity (Wildman–Crippen MR) is 115 cm³/mol. The number of Topliss-reactive ketones (excluding diaryl/α,β-unsaturated/α-hetero) is 1. The van der Waals surface area contributed by atoms with Gasteiger partial charge in [0.05, 0.1) is 12.6 Å². The monoisotopic (exact) mass is 408 g/mol. The van der Waals surface area contributed by atoms with Crippen molar-refractivity contribution in [2.75, 3.05) is 38.0 Å². The van der Waals surface area contributed by atoms with Gasteiger partial charge in [-0.15, -0.1) is 0 Å². The summed E-state index contributed by atoms with van der Waals surface area (Å²) in [6.07, 6.45) is 1.79. The second-order valence-electron chi connectivity index (χ2n) is 7.66. The van der Waals surface area contributed by atoms with Crippen molar-refractivity contribution in [2.45, 2.75) is 13.0 Å². The van der Waals surface area contributed by atoms with Crippen LogP contribution in [0, 0.1) is 5.82 Å². The van der Waals surface area contributed by atoms with Crippen LogP contribution in [0.3, 0.4) is 0 Å². The Balaban J connectivity index is 1.30. The highest BCUT2D eigenvalue weighted by Crippen LogP contribution is 2.21. The minimum atomic E-state index is -0.379. The van der Waals surface area contributed by atoms with Gasteiger partial charge >= 0.3 is 0 Å². The SMILES string of the molecule is C[C@H](C(=O)c1c[nH]c2ccccc12)N1CCN(CC(=O)Nc2cccc(F)c2)CC1. The van der Waals surface area contributed by atoms with E-state index in [0.29, 0.717) is 31.9 Å². The van der Waals surface area contributed by atoms with Crippen LogP contribution < -0.4 is 5.32 Å². The third kappa shape index (κ3) is 4.42. The Morgan fingerprint density at radius 2 is 1.87 bits per heavy atom. The summed E-state index contributed by atoms with van der Waals surface area (Å²) >= 11 is 0. The smallest absolute Gasteiger partial charge is 0.238 e. The topological polar surface area (TPSA) is 68.4 Å². The number of ketones is 1. The first-order chi connectivity index (χ1) is 14.5. The zero-order chi connectivity index (χ0) is 21.1. The highest BCUT2D eigenvalue weighted by molar-refractivity contribution is 6.10. The molecule has 1 atom stereocenters. The van der Waals surface area contributed by atoms with Gasteiger partial charge in [-0.25, -0.2) is 4.39 Å². The standard InChI is InChI=1S/C23H25FN4O2/c1-16(23(30)20-14-25-21-8-3-2-7-19(20)21)28-11-9-27(10-12-28)15-22(29)26-18-6-4-5-17(24)13-18/h2-8,13-14,16,25H,9-12,15H2,1H3,(H,26,29)/t16-/m1/s1. The van der Waals surface area contributed by atoms with E-state index < -0.39 is 0 Å². The Hall–Kier alpha value is -3.03. The Morgan fingerprint density at radius 3 is 2.63 bits per heavy atom. The van der Waals surface area contributed by atoms with Gasteiger partial charge in [0.25, 0.3) is 0 Å². The fourth-order valence-electron chi connectivity index (χ4n) is 3.94. The minimum Gasteiger partial charge on any atom is -0.360 e. The Labute approximate surface area is 174 Å². The number of nitrogens with one attached hydrogen (secondary N) is 2. The van der Waals surface area contributed by atoms with Gasteiger partial charge in [-0.2, -0.15) is 0 Å². The van der Waals surface area contributed by atoms with Crippen LogP contribution in [0.1, 0.15) is 17.3 Å².